The van der Waals surface area contributed by atoms with Crippen molar-refractivity contribution in [3.8, 4) is 0 Å². The molecule has 0 aromatic heterocycles. The van der Waals surface area contributed by atoms with Crippen LogP contribution in [0.1, 0.15) is 109 Å². The standard InChI is InChI=1S/C25H41FO2/c1-2-3-4-5-6-7-8-9-10-11-12-13-14-18-21-25(26,24(27)28)22-23-19-16-15-17-20-23/h15-17,19-20H,2-14,18,21-22H2,1H3,(H,27,28). The van der Waals surface area contributed by atoms with Gasteiger partial charge in [0.1, 0.15) is 0 Å². The predicted octanol–water partition coefficient (Wildman–Crippen LogP) is 7.89. The summed E-state index contributed by atoms with van der Waals surface area (Å²) in [6.07, 6.45) is 17.4. The maximum Gasteiger partial charge on any atom is 0.341 e. The molecule has 160 valence electrons. The van der Waals surface area contributed by atoms with Crippen molar-refractivity contribution in [3.05, 3.63) is 35.9 Å². The van der Waals surface area contributed by atoms with Crippen molar-refractivity contribution in [1.29, 1.82) is 0 Å². The van der Waals surface area contributed by atoms with Gasteiger partial charge in [0.2, 0.25) is 5.67 Å². The largest absolute Gasteiger partial charge is 0.479 e. The molecule has 3 heteroatoms. The fraction of sp³-hybridized carbons (Fsp3) is 0.720. The van der Waals surface area contributed by atoms with Crippen LogP contribution in [-0.2, 0) is 11.2 Å². The molecule has 0 radical (unpaired) electrons. The summed E-state index contributed by atoms with van der Waals surface area (Å²) in [5.41, 5.74) is -1.39. The molecule has 28 heavy (non-hydrogen) atoms. The number of rotatable bonds is 18. The Balaban J connectivity index is 2.02. The molecule has 1 aromatic carbocycles. The molecule has 0 amide bonds. The van der Waals surface area contributed by atoms with Gasteiger partial charge >= 0.3 is 5.97 Å². The first-order valence-corrected chi connectivity index (χ1v) is 11.5. The Morgan fingerprint density at radius 3 is 1.64 bits per heavy atom. The van der Waals surface area contributed by atoms with Crippen molar-refractivity contribution in [3.63, 3.8) is 0 Å². The van der Waals surface area contributed by atoms with E-state index in [1.54, 1.807) is 12.1 Å². The highest BCUT2D eigenvalue weighted by molar-refractivity contribution is 5.77. The summed E-state index contributed by atoms with van der Waals surface area (Å²) in [5, 5.41) is 9.32. The number of carbonyl (C=O) groups is 1. The molecule has 0 aliphatic heterocycles. The maximum atomic E-state index is 14.8. The van der Waals surface area contributed by atoms with Crippen LogP contribution in [-0.4, -0.2) is 16.7 Å². The predicted molar refractivity (Wildman–Crippen MR) is 117 cm³/mol. The number of hydrogen-bond donors (Lipinski definition) is 1. The van der Waals surface area contributed by atoms with Gasteiger partial charge in [0, 0.05) is 6.42 Å². The van der Waals surface area contributed by atoms with E-state index in [4.69, 9.17) is 0 Å². The molecule has 1 aromatic rings. The highest BCUT2D eigenvalue weighted by Gasteiger charge is 2.38. The third kappa shape index (κ3) is 11.5. The second-order valence-corrected chi connectivity index (χ2v) is 8.28. The van der Waals surface area contributed by atoms with Crippen LogP contribution in [0.2, 0.25) is 0 Å². The third-order valence-electron chi connectivity index (χ3n) is 5.64. The van der Waals surface area contributed by atoms with Crippen LogP contribution < -0.4 is 0 Å². The fourth-order valence-corrected chi connectivity index (χ4v) is 3.79. The summed E-state index contributed by atoms with van der Waals surface area (Å²) in [6, 6.07) is 9.09. The first-order chi connectivity index (χ1) is 13.6. The molecule has 0 saturated heterocycles. The van der Waals surface area contributed by atoms with Gasteiger partial charge in [-0.05, 0) is 18.4 Å². The van der Waals surface area contributed by atoms with Gasteiger partial charge in [-0.25, -0.2) is 9.18 Å². The molecule has 2 nitrogen and oxygen atoms in total. The van der Waals surface area contributed by atoms with Crippen LogP contribution in [0.25, 0.3) is 0 Å². The summed E-state index contributed by atoms with van der Waals surface area (Å²) in [4.78, 5) is 11.4. The summed E-state index contributed by atoms with van der Waals surface area (Å²) in [5.74, 6) is -1.33. The Kier molecular flexibility index (Phi) is 13.7. The maximum absolute atomic E-state index is 14.8. The van der Waals surface area contributed by atoms with Gasteiger partial charge in [-0.15, -0.1) is 0 Å². The van der Waals surface area contributed by atoms with Crippen molar-refractivity contribution >= 4 is 5.97 Å². The Hall–Kier alpha value is -1.38. The number of carboxylic acids is 1. The molecule has 0 aliphatic rings. The first-order valence-electron chi connectivity index (χ1n) is 11.5. The van der Waals surface area contributed by atoms with Gasteiger partial charge in [0.25, 0.3) is 0 Å². The smallest absolute Gasteiger partial charge is 0.341 e. The van der Waals surface area contributed by atoms with Crippen LogP contribution in [0.15, 0.2) is 30.3 Å². The second-order valence-electron chi connectivity index (χ2n) is 8.28. The molecular formula is C25H41FO2. The van der Waals surface area contributed by atoms with E-state index in [0.29, 0.717) is 6.42 Å². The van der Waals surface area contributed by atoms with Crippen LogP contribution >= 0.6 is 0 Å². The van der Waals surface area contributed by atoms with Gasteiger partial charge in [-0.3, -0.25) is 0 Å². The van der Waals surface area contributed by atoms with Crippen LogP contribution in [0, 0.1) is 0 Å². The van der Waals surface area contributed by atoms with E-state index in [1.165, 1.54) is 70.6 Å². The van der Waals surface area contributed by atoms with E-state index >= 15 is 0 Å². The lowest BCUT2D eigenvalue weighted by Crippen LogP contribution is -2.36. The summed E-state index contributed by atoms with van der Waals surface area (Å²) < 4.78 is 14.8. The zero-order valence-electron chi connectivity index (χ0n) is 17.9. The molecule has 1 N–H and O–H groups in total. The number of benzene rings is 1. The Morgan fingerprint density at radius 2 is 1.21 bits per heavy atom. The lowest BCUT2D eigenvalue weighted by atomic mass is 9.90. The zero-order valence-corrected chi connectivity index (χ0v) is 17.9. The van der Waals surface area contributed by atoms with E-state index in [9.17, 15) is 14.3 Å². The molecule has 0 aliphatic carbocycles. The summed E-state index contributed by atoms with van der Waals surface area (Å²) in [7, 11) is 0. The molecule has 0 bridgehead atoms. The molecule has 0 heterocycles. The minimum absolute atomic E-state index is 0.0401. The average molecular weight is 393 g/mol. The normalized spacial score (nSPS) is 13.4. The van der Waals surface area contributed by atoms with Crippen LogP contribution in [0.3, 0.4) is 0 Å². The van der Waals surface area contributed by atoms with Crippen molar-refractivity contribution in [1.82, 2.24) is 0 Å². The lowest BCUT2D eigenvalue weighted by Gasteiger charge is -2.20. The Morgan fingerprint density at radius 1 is 0.786 bits per heavy atom. The fourth-order valence-electron chi connectivity index (χ4n) is 3.79. The van der Waals surface area contributed by atoms with Crippen molar-refractivity contribution in [2.75, 3.05) is 0 Å². The van der Waals surface area contributed by atoms with Gasteiger partial charge in [0.15, 0.2) is 0 Å². The van der Waals surface area contributed by atoms with E-state index < -0.39 is 11.6 Å². The number of alkyl halides is 1. The van der Waals surface area contributed by atoms with Crippen molar-refractivity contribution in [2.24, 2.45) is 0 Å². The Labute approximate surface area is 171 Å². The third-order valence-corrected chi connectivity index (χ3v) is 5.64. The van der Waals surface area contributed by atoms with E-state index in [2.05, 4.69) is 6.92 Å². The highest BCUT2D eigenvalue weighted by atomic mass is 19.1. The number of hydrogen-bond acceptors (Lipinski definition) is 1. The van der Waals surface area contributed by atoms with Gasteiger partial charge < -0.3 is 5.11 Å². The average Bonchev–Trinajstić information content (AvgIpc) is 2.69. The lowest BCUT2D eigenvalue weighted by molar-refractivity contribution is -0.151. The van der Waals surface area contributed by atoms with E-state index in [0.717, 1.165) is 18.4 Å². The highest BCUT2D eigenvalue weighted by Crippen LogP contribution is 2.26. The first kappa shape index (κ1) is 24.7. The monoisotopic (exact) mass is 392 g/mol. The SMILES string of the molecule is CCCCCCCCCCCCCCCCC(F)(Cc1ccccc1)C(=O)O. The second kappa shape index (κ2) is 15.5. The van der Waals surface area contributed by atoms with Crippen molar-refractivity contribution in [2.45, 2.75) is 115 Å². The number of aliphatic carboxylic acids is 1. The topological polar surface area (TPSA) is 37.3 Å². The molecule has 1 unspecified atom stereocenters. The summed E-state index contributed by atoms with van der Waals surface area (Å²) in [6.45, 7) is 2.25. The number of carboxylic acid groups (broad SMARTS) is 1. The van der Waals surface area contributed by atoms with Gasteiger partial charge in [-0.2, -0.15) is 0 Å². The molecule has 0 fully saturated rings. The van der Waals surface area contributed by atoms with E-state index in [-0.39, 0.29) is 12.8 Å². The number of unbranched alkanes of at least 4 members (excludes halogenated alkanes) is 13. The van der Waals surface area contributed by atoms with Crippen LogP contribution in [0.5, 0.6) is 0 Å². The summed E-state index contributed by atoms with van der Waals surface area (Å²) >= 11 is 0. The molecule has 0 saturated carbocycles. The Bertz CT molecular complexity index is 503. The minimum Gasteiger partial charge on any atom is -0.479 e. The van der Waals surface area contributed by atoms with E-state index in [1.807, 2.05) is 18.2 Å². The molecule has 0 spiro atoms. The molecule has 1 atom stereocenters. The van der Waals surface area contributed by atoms with Crippen LogP contribution in [0.4, 0.5) is 4.39 Å². The van der Waals surface area contributed by atoms with Gasteiger partial charge in [0.05, 0.1) is 0 Å². The van der Waals surface area contributed by atoms with Crippen molar-refractivity contribution < 1.29 is 14.3 Å². The minimum atomic E-state index is -2.14. The zero-order chi connectivity index (χ0) is 20.5. The number of halogens is 1. The molecule has 1 rings (SSSR count). The van der Waals surface area contributed by atoms with Gasteiger partial charge in [-0.1, -0.05) is 121 Å². The quantitative estimate of drug-likeness (QED) is 0.258. The molecular weight excluding hydrogens is 351 g/mol.